The van der Waals surface area contributed by atoms with E-state index in [1.165, 1.54) is 11.8 Å². The van der Waals surface area contributed by atoms with E-state index in [-0.39, 0.29) is 6.61 Å². The highest BCUT2D eigenvalue weighted by Gasteiger charge is 2.15. The molecule has 8 heteroatoms. The van der Waals surface area contributed by atoms with Crippen LogP contribution in [0, 0.1) is 11.3 Å². The largest absolute Gasteiger partial charge is 0.491 e. The maximum Gasteiger partial charge on any atom is 0.189 e. The third-order valence-electron chi connectivity index (χ3n) is 4.29. The molecule has 0 saturated heterocycles. The van der Waals surface area contributed by atoms with Gasteiger partial charge in [-0.15, -0.1) is 0 Å². The number of nitriles is 1. The van der Waals surface area contributed by atoms with Crippen molar-refractivity contribution in [2.45, 2.75) is 24.6 Å². The van der Waals surface area contributed by atoms with Crippen LogP contribution in [0.2, 0.25) is 5.02 Å². The summed E-state index contributed by atoms with van der Waals surface area (Å²) in [6, 6.07) is 16.2. The molecule has 3 N–H and O–H groups in total. The summed E-state index contributed by atoms with van der Waals surface area (Å²) < 4.78 is 5.56. The molecular formula is C22H21ClN4O2S. The number of nitrogen functional groups attached to an aromatic ring is 1. The van der Waals surface area contributed by atoms with E-state index in [0.717, 1.165) is 16.8 Å². The summed E-state index contributed by atoms with van der Waals surface area (Å²) >= 11 is 7.30. The standard InChI is InChI=1S/C22H21ClN4O2S/c1-2-19-20(15-5-7-16(23)8-6-15)21(25)27-22(26-19)30-13-17(28)12-29-18-9-3-14(11-24)4-10-18/h3-10,17,28H,2,12-13H2,1H3,(H2,25,26,27). The van der Waals surface area contributed by atoms with Crippen molar-refractivity contribution in [2.24, 2.45) is 0 Å². The molecule has 30 heavy (non-hydrogen) atoms. The lowest BCUT2D eigenvalue weighted by atomic mass is 10.0. The van der Waals surface area contributed by atoms with Crippen LogP contribution in [0.4, 0.5) is 5.82 Å². The molecule has 0 aliphatic carbocycles. The third kappa shape index (κ3) is 5.63. The number of ether oxygens (including phenoxy) is 1. The summed E-state index contributed by atoms with van der Waals surface area (Å²) in [6.07, 6.45) is -0.0146. The Morgan fingerprint density at radius 2 is 1.87 bits per heavy atom. The zero-order valence-corrected chi connectivity index (χ0v) is 18.0. The number of aryl methyl sites for hydroxylation is 1. The number of rotatable bonds is 8. The molecule has 1 heterocycles. The van der Waals surface area contributed by atoms with Crippen LogP contribution in [0.5, 0.6) is 5.75 Å². The average molecular weight is 441 g/mol. The predicted octanol–water partition coefficient (Wildman–Crippen LogP) is 4.35. The summed E-state index contributed by atoms with van der Waals surface area (Å²) in [5.41, 5.74) is 9.35. The zero-order chi connectivity index (χ0) is 21.5. The Morgan fingerprint density at radius 1 is 1.17 bits per heavy atom. The molecule has 0 radical (unpaired) electrons. The highest BCUT2D eigenvalue weighted by Crippen LogP contribution is 2.31. The normalized spacial score (nSPS) is 11.7. The molecule has 1 unspecified atom stereocenters. The van der Waals surface area contributed by atoms with Gasteiger partial charge >= 0.3 is 0 Å². The lowest BCUT2D eigenvalue weighted by molar-refractivity contribution is 0.126. The second-order valence-electron chi connectivity index (χ2n) is 6.49. The second kappa shape index (κ2) is 10.3. The summed E-state index contributed by atoms with van der Waals surface area (Å²) in [6.45, 7) is 2.13. The van der Waals surface area contributed by atoms with E-state index < -0.39 is 6.10 Å². The van der Waals surface area contributed by atoms with Crippen molar-refractivity contribution in [3.05, 3.63) is 64.8 Å². The van der Waals surface area contributed by atoms with Gasteiger partial charge in [0.15, 0.2) is 5.16 Å². The fourth-order valence-electron chi connectivity index (χ4n) is 2.79. The van der Waals surface area contributed by atoms with Gasteiger partial charge in [-0.25, -0.2) is 9.97 Å². The Bertz CT molecular complexity index is 1040. The lowest BCUT2D eigenvalue weighted by Gasteiger charge is -2.14. The highest BCUT2D eigenvalue weighted by molar-refractivity contribution is 7.99. The molecule has 0 saturated carbocycles. The van der Waals surface area contributed by atoms with Gasteiger partial charge < -0.3 is 15.6 Å². The Hall–Kier alpha value is -2.79. The number of hydrogen-bond donors (Lipinski definition) is 2. The van der Waals surface area contributed by atoms with Crippen LogP contribution in [-0.2, 0) is 6.42 Å². The first-order chi connectivity index (χ1) is 14.5. The van der Waals surface area contributed by atoms with Crippen molar-refractivity contribution >= 4 is 29.2 Å². The molecular weight excluding hydrogens is 420 g/mol. The molecule has 3 aromatic rings. The third-order valence-corrected chi connectivity index (χ3v) is 5.53. The molecule has 0 fully saturated rings. The van der Waals surface area contributed by atoms with Gasteiger partial charge in [-0.1, -0.05) is 42.4 Å². The van der Waals surface area contributed by atoms with E-state index in [4.69, 9.17) is 27.3 Å². The van der Waals surface area contributed by atoms with E-state index in [2.05, 4.69) is 9.97 Å². The zero-order valence-electron chi connectivity index (χ0n) is 16.4. The van der Waals surface area contributed by atoms with E-state index in [9.17, 15) is 5.11 Å². The number of thioether (sulfide) groups is 1. The van der Waals surface area contributed by atoms with Gasteiger partial charge in [0.25, 0.3) is 0 Å². The number of anilines is 1. The molecule has 0 spiro atoms. The van der Waals surface area contributed by atoms with E-state index in [0.29, 0.717) is 39.5 Å². The first kappa shape index (κ1) is 21.9. The molecule has 2 aromatic carbocycles. The minimum absolute atomic E-state index is 0.123. The van der Waals surface area contributed by atoms with Crippen LogP contribution >= 0.6 is 23.4 Å². The number of nitrogens with zero attached hydrogens (tertiary/aromatic N) is 3. The number of aliphatic hydroxyl groups is 1. The number of nitrogens with two attached hydrogens (primary N) is 1. The van der Waals surface area contributed by atoms with Crippen molar-refractivity contribution in [1.29, 1.82) is 5.26 Å². The van der Waals surface area contributed by atoms with Gasteiger partial charge in [0.05, 0.1) is 23.4 Å². The molecule has 1 aromatic heterocycles. The Kier molecular flexibility index (Phi) is 7.52. The first-order valence-electron chi connectivity index (χ1n) is 9.36. The minimum atomic E-state index is -0.712. The van der Waals surface area contributed by atoms with Crippen LogP contribution < -0.4 is 10.5 Å². The number of aliphatic hydroxyl groups excluding tert-OH is 1. The summed E-state index contributed by atoms with van der Waals surface area (Å²) in [7, 11) is 0. The first-order valence-corrected chi connectivity index (χ1v) is 10.7. The summed E-state index contributed by atoms with van der Waals surface area (Å²) in [4.78, 5) is 9.02. The molecule has 0 aliphatic rings. The molecule has 0 amide bonds. The number of hydrogen-bond acceptors (Lipinski definition) is 7. The SMILES string of the molecule is CCc1nc(SCC(O)COc2ccc(C#N)cc2)nc(N)c1-c1ccc(Cl)cc1. The molecule has 0 bridgehead atoms. The molecule has 1 atom stereocenters. The molecule has 6 nitrogen and oxygen atoms in total. The second-order valence-corrected chi connectivity index (χ2v) is 7.91. The summed E-state index contributed by atoms with van der Waals surface area (Å²) in [5.74, 6) is 1.35. The van der Waals surface area contributed by atoms with Crippen LogP contribution in [-0.4, -0.2) is 33.5 Å². The number of aromatic nitrogens is 2. The maximum absolute atomic E-state index is 10.2. The molecule has 154 valence electrons. The van der Waals surface area contributed by atoms with Crippen LogP contribution in [0.3, 0.4) is 0 Å². The number of benzene rings is 2. The Labute approximate surface area is 184 Å². The molecule has 0 aliphatic heterocycles. The smallest absolute Gasteiger partial charge is 0.189 e. The van der Waals surface area contributed by atoms with Crippen molar-refractivity contribution < 1.29 is 9.84 Å². The predicted molar refractivity (Wildman–Crippen MR) is 120 cm³/mol. The van der Waals surface area contributed by atoms with Crippen LogP contribution in [0.25, 0.3) is 11.1 Å². The maximum atomic E-state index is 10.2. The van der Waals surface area contributed by atoms with Crippen LogP contribution in [0.1, 0.15) is 18.2 Å². The quantitative estimate of drug-likeness (QED) is 0.396. The van der Waals surface area contributed by atoms with Crippen molar-refractivity contribution in [2.75, 3.05) is 18.1 Å². The van der Waals surface area contributed by atoms with Crippen molar-refractivity contribution in [3.63, 3.8) is 0 Å². The highest BCUT2D eigenvalue weighted by atomic mass is 35.5. The number of halogens is 1. The Morgan fingerprint density at radius 3 is 2.50 bits per heavy atom. The topological polar surface area (TPSA) is 105 Å². The van der Waals surface area contributed by atoms with Crippen molar-refractivity contribution in [3.8, 4) is 22.9 Å². The summed E-state index contributed by atoms with van der Waals surface area (Å²) in [5, 5.41) is 20.2. The van der Waals surface area contributed by atoms with Gasteiger partial charge in [-0.3, -0.25) is 0 Å². The van der Waals surface area contributed by atoms with Gasteiger partial charge in [0.2, 0.25) is 0 Å². The van der Waals surface area contributed by atoms with Gasteiger partial charge in [0, 0.05) is 16.3 Å². The fourth-order valence-corrected chi connectivity index (χ4v) is 3.69. The monoisotopic (exact) mass is 440 g/mol. The van der Waals surface area contributed by atoms with E-state index >= 15 is 0 Å². The molecule has 3 rings (SSSR count). The van der Waals surface area contributed by atoms with E-state index in [1.807, 2.05) is 37.3 Å². The van der Waals surface area contributed by atoms with Gasteiger partial charge in [-0.05, 0) is 48.4 Å². The van der Waals surface area contributed by atoms with Gasteiger partial charge in [-0.2, -0.15) is 5.26 Å². The van der Waals surface area contributed by atoms with Crippen LogP contribution in [0.15, 0.2) is 53.7 Å². The van der Waals surface area contributed by atoms with E-state index in [1.54, 1.807) is 24.3 Å². The van der Waals surface area contributed by atoms with Gasteiger partial charge in [0.1, 0.15) is 18.2 Å². The minimum Gasteiger partial charge on any atom is -0.491 e. The van der Waals surface area contributed by atoms with Crippen molar-refractivity contribution in [1.82, 2.24) is 9.97 Å². The Balaban J connectivity index is 1.62. The average Bonchev–Trinajstić information content (AvgIpc) is 2.77. The fraction of sp³-hybridized carbons (Fsp3) is 0.227. The lowest BCUT2D eigenvalue weighted by Crippen LogP contribution is -2.20.